The Morgan fingerprint density at radius 3 is 2.77 bits per heavy atom. The van der Waals surface area contributed by atoms with Crippen LogP contribution in [-0.2, 0) is 22.7 Å². The molecule has 0 aliphatic carbocycles. The van der Waals surface area contributed by atoms with Gasteiger partial charge in [0.25, 0.3) is 0 Å². The van der Waals surface area contributed by atoms with Crippen LogP contribution in [0, 0.1) is 0 Å². The highest BCUT2D eigenvalue weighted by Gasteiger charge is 2.23. The molecule has 2 heterocycles. The number of rotatable bonds is 6. The maximum absolute atomic E-state index is 13.3. The average molecular weight is 506 g/mol. The summed E-state index contributed by atoms with van der Waals surface area (Å²) in [4.78, 5) is 30.2. The van der Waals surface area contributed by atoms with Gasteiger partial charge in [0.05, 0.1) is 29.6 Å². The normalized spacial score (nSPS) is 12.3. The number of nitrogens with zero attached hydrogens (tertiary/aromatic N) is 1. The Balaban J connectivity index is 1.34. The fourth-order valence-corrected chi connectivity index (χ4v) is 4.73. The Bertz CT molecular complexity index is 1460. The molecule has 0 saturated carbocycles. The van der Waals surface area contributed by atoms with Gasteiger partial charge in [0.1, 0.15) is 24.7 Å². The van der Waals surface area contributed by atoms with Crippen molar-refractivity contribution < 1.29 is 23.8 Å². The van der Waals surface area contributed by atoms with Crippen molar-refractivity contribution in [1.29, 1.82) is 0 Å². The van der Waals surface area contributed by atoms with E-state index in [1.807, 2.05) is 42.5 Å². The third-order valence-electron chi connectivity index (χ3n) is 5.58. The second-order valence-corrected chi connectivity index (χ2v) is 9.37. The third kappa shape index (κ3) is 5.11. The maximum Gasteiger partial charge on any atom is 0.315 e. The number of esters is 1. The van der Waals surface area contributed by atoms with Crippen LogP contribution < -0.4 is 9.47 Å². The van der Waals surface area contributed by atoms with E-state index in [4.69, 9.17) is 21.1 Å². The average Bonchev–Trinajstić information content (AvgIpc) is 3.01. The molecule has 0 N–H and O–H groups in total. The molecule has 1 aliphatic heterocycles. The molecule has 1 aliphatic rings. The molecule has 0 bridgehead atoms. The van der Waals surface area contributed by atoms with Crippen molar-refractivity contribution in [2.75, 3.05) is 12.9 Å². The summed E-state index contributed by atoms with van der Waals surface area (Å²) >= 11 is 7.43. The Kier molecular flexibility index (Phi) is 6.61. The lowest BCUT2D eigenvalue weighted by atomic mass is 9.99. The van der Waals surface area contributed by atoms with E-state index < -0.39 is 0 Å². The van der Waals surface area contributed by atoms with E-state index in [9.17, 15) is 9.59 Å². The predicted molar refractivity (Wildman–Crippen MR) is 134 cm³/mol. The predicted octanol–water partition coefficient (Wildman–Crippen LogP) is 5.86. The quantitative estimate of drug-likeness (QED) is 0.240. The van der Waals surface area contributed by atoms with Crippen molar-refractivity contribution in [3.05, 3.63) is 94.1 Å². The zero-order valence-corrected chi connectivity index (χ0v) is 20.3. The number of carbonyl (C=O) groups excluding carboxylic acids is 2. The molecule has 8 heteroatoms. The number of pyridine rings is 1. The fourth-order valence-electron chi connectivity index (χ4n) is 3.77. The van der Waals surface area contributed by atoms with Crippen LogP contribution in [0.1, 0.15) is 27.2 Å². The van der Waals surface area contributed by atoms with Gasteiger partial charge in [-0.1, -0.05) is 23.7 Å². The number of carbonyl (C=O) groups is 2. The van der Waals surface area contributed by atoms with Crippen LogP contribution in [0.4, 0.5) is 0 Å². The van der Waals surface area contributed by atoms with Crippen molar-refractivity contribution in [3.8, 4) is 11.5 Å². The third-order valence-corrected chi connectivity index (χ3v) is 6.79. The Morgan fingerprint density at radius 2 is 1.91 bits per heavy atom. The van der Waals surface area contributed by atoms with Crippen LogP contribution in [0.25, 0.3) is 10.9 Å². The molecule has 0 amide bonds. The lowest BCUT2D eigenvalue weighted by molar-refractivity contribution is -0.137. The monoisotopic (exact) mass is 505 g/mol. The highest BCUT2D eigenvalue weighted by Crippen LogP contribution is 2.33. The standard InChI is InChI=1S/C27H20ClNO5S/c1-32-26(30)15-35-21-7-8-22-17(10-21)13-34-25-9-6-20(12-23(25)27(22)31)33-14-19-5-3-16-2-4-18(28)11-24(16)29-19/h2-12H,13-15H2,1H3. The van der Waals surface area contributed by atoms with Gasteiger partial charge in [0.2, 0.25) is 0 Å². The van der Waals surface area contributed by atoms with Crippen LogP contribution >= 0.6 is 23.4 Å². The van der Waals surface area contributed by atoms with Crippen molar-refractivity contribution in [3.63, 3.8) is 0 Å². The number of aromatic nitrogens is 1. The number of methoxy groups -OCH3 is 1. The Labute approximate surface area is 211 Å². The van der Waals surface area contributed by atoms with E-state index in [1.54, 1.807) is 24.3 Å². The second-order valence-electron chi connectivity index (χ2n) is 7.89. The molecule has 176 valence electrons. The van der Waals surface area contributed by atoms with E-state index in [-0.39, 0.29) is 30.7 Å². The molecule has 0 spiro atoms. The number of ether oxygens (including phenoxy) is 3. The molecule has 6 nitrogen and oxygen atoms in total. The molecule has 5 rings (SSSR count). The van der Waals surface area contributed by atoms with E-state index in [2.05, 4.69) is 9.72 Å². The Hall–Kier alpha value is -3.55. The number of benzene rings is 3. The number of hydrogen-bond donors (Lipinski definition) is 0. The number of hydrogen-bond acceptors (Lipinski definition) is 7. The Morgan fingerprint density at radius 1 is 1.06 bits per heavy atom. The first-order valence-electron chi connectivity index (χ1n) is 10.8. The van der Waals surface area contributed by atoms with Gasteiger partial charge in [-0.3, -0.25) is 9.59 Å². The summed E-state index contributed by atoms with van der Waals surface area (Å²) in [6, 6.07) is 20.1. The molecule has 0 unspecified atom stereocenters. The molecule has 35 heavy (non-hydrogen) atoms. The minimum atomic E-state index is -0.306. The number of ketones is 1. The summed E-state index contributed by atoms with van der Waals surface area (Å²) in [5.41, 5.74) is 3.32. The van der Waals surface area contributed by atoms with Gasteiger partial charge in [-0.25, -0.2) is 4.98 Å². The smallest absolute Gasteiger partial charge is 0.315 e. The number of fused-ring (bicyclic) bond motifs is 3. The van der Waals surface area contributed by atoms with Gasteiger partial charge < -0.3 is 14.2 Å². The largest absolute Gasteiger partial charge is 0.488 e. The van der Waals surface area contributed by atoms with Crippen LogP contribution in [0.5, 0.6) is 11.5 Å². The summed E-state index contributed by atoms with van der Waals surface area (Å²) in [6.45, 7) is 0.498. The summed E-state index contributed by atoms with van der Waals surface area (Å²) < 4.78 is 16.6. The zero-order valence-electron chi connectivity index (χ0n) is 18.7. The number of thioether (sulfide) groups is 1. The molecular formula is C27H20ClNO5S. The summed E-state index contributed by atoms with van der Waals surface area (Å²) in [7, 11) is 1.36. The van der Waals surface area contributed by atoms with Gasteiger partial charge in [0.15, 0.2) is 5.78 Å². The van der Waals surface area contributed by atoms with E-state index in [0.29, 0.717) is 27.6 Å². The maximum atomic E-state index is 13.3. The van der Waals surface area contributed by atoms with Crippen LogP contribution in [-0.4, -0.2) is 29.6 Å². The van der Waals surface area contributed by atoms with Crippen LogP contribution in [0.15, 0.2) is 71.6 Å². The summed E-state index contributed by atoms with van der Waals surface area (Å²) in [6.07, 6.45) is 0. The van der Waals surface area contributed by atoms with Gasteiger partial charge in [-0.15, -0.1) is 11.8 Å². The molecule has 0 saturated heterocycles. The van der Waals surface area contributed by atoms with Crippen molar-refractivity contribution in [2.45, 2.75) is 18.1 Å². The molecular weight excluding hydrogens is 486 g/mol. The molecule has 0 radical (unpaired) electrons. The fraction of sp³-hybridized carbons (Fsp3) is 0.148. The molecule has 4 aromatic rings. The van der Waals surface area contributed by atoms with Crippen LogP contribution in [0.3, 0.4) is 0 Å². The zero-order chi connectivity index (χ0) is 24.4. The molecule has 1 aromatic heterocycles. The molecule has 0 atom stereocenters. The minimum Gasteiger partial charge on any atom is -0.488 e. The summed E-state index contributed by atoms with van der Waals surface area (Å²) in [5, 5.41) is 1.62. The second kappa shape index (κ2) is 9.98. The van der Waals surface area contributed by atoms with E-state index >= 15 is 0 Å². The first-order chi connectivity index (χ1) is 17.0. The lowest BCUT2D eigenvalue weighted by Crippen LogP contribution is -2.05. The van der Waals surface area contributed by atoms with Crippen molar-refractivity contribution in [1.82, 2.24) is 4.98 Å². The van der Waals surface area contributed by atoms with E-state index in [0.717, 1.165) is 27.1 Å². The van der Waals surface area contributed by atoms with Gasteiger partial charge in [0, 0.05) is 26.4 Å². The topological polar surface area (TPSA) is 74.7 Å². The molecule has 3 aromatic carbocycles. The lowest BCUT2D eigenvalue weighted by Gasteiger charge is -2.10. The number of halogens is 1. The highest BCUT2D eigenvalue weighted by molar-refractivity contribution is 8.00. The minimum absolute atomic E-state index is 0.138. The highest BCUT2D eigenvalue weighted by atomic mass is 35.5. The first kappa shape index (κ1) is 23.2. The van der Waals surface area contributed by atoms with Crippen LogP contribution in [0.2, 0.25) is 5.02 Å². The van der Waals surface area contributed by atoms with Crippen molar-refractivity contribution in [2.24, 2.45) is 0 Å². The summed E-state index contributed by atoms with van der Waals surface area (Å²) in [5.74, 6) is 0.799. The molecule has 0 fully saturated rings. The van der Waals surface area contributed by atoms with E-state index in [1.165, 1.54) is 18.9 Å². The first-order valence-corrected chi connectivity index (χ1v) is 12.2. The van der Waals surface area contributed by atoms with Gasteiger partial charge in [-0.05, 0) is 54.6 Å². The van der Waals surface area contributed by atoms with Gasteiger partial charge in [-0.2, -0.15) is 0 Å². The SMILES string of the molecule is COC(=O)CSc1ccc2c(c1)COc1ccc(OCc3ccc4ccc(Cl)cc4n3)cc1C2=O. The van der Waals surface area contributed by atoms with Gasteiger partial charge >= 0.3 is 5.97 Å². The van der Waals surface area contributed by atoms with Crippen molar-refractivity contribution >= 4 is 46.0 Å².